The molecule has 1 saturated heterocycles. The van der Waals surface area contributed by atoms with Crippen molar-refractivity contribution < 1.29 is 9.59 Å². The molecule has 132 valence electrons. The number of likely N-dealkylation sites (tertiary alicyclic amines) is 1. The van der Waals surface area contributed by atoms with Crippen LogP contribution in [0.25, 0.3) is 0 Å². The first-order valence-corrected chi connectivity index (χ1v) is 8.66. The lowest BCUT2D eigenvalue weighted by Crippen LogP contribution is -2.49. The molecule has 2 aromatic rings. The molecule has 2 aliphatic heterocycles. The summed E-state index contributed by atoms with van der Waals surface area (Å²) in [4.78, 5) is 31.2. The number of carbonyl (C=O) groups excluding carboxylic acids is 2. The number of nitrogens with zero attached hydrogens (tertiary/aromatic N) is 4. The first-order valence-electron chi connectivity index (χ1n) is 8.66. The van der Waals surface area contributed by atoms with Gasteiger partial charge in [0.1, 0.15) is 0 Å². The van der Waals surface area contributed by atoms with E-state index >= 15 is 0 Å². The van der Waals surface area contributed by atoms with Crippen LogP contribution in [-0.4, -0.2) is 52.8 Å². The number of pyridine rings is 1. The first kappa shape index (κ1) is 16.5. The lowest BCUT2D eigenvalue weighted by atomic mass is 9.98. The van der Waals surface area contributed by atoms with Gasteiger partial charge in [0.2, 0.25) is 0 Å². The third-order valence-electron chi connectivity index (χ3n) is 4.96. The van der Waals surface area contributed by atoms with Gasteiger partial charge in [0.25, 0.3) is 5.91 Å². The summed E-state index contributed by atoms with van der Waals surface area (Å²) in [6.07, 6.45) is 6.16. The molecule has 2 aliphatic rings. The van der Waals surface area contributed by atoms with Gasteiger partial charge < -0.3 is 4.90 Å². The van der Waals surface area contributed by atoms with E-state index in [9.17, 15) is 9.59 Å². The molecular formula is C20H20N4O2. The van der Waals surface area contributed by atoms with Crippen LogP contribution >= 0.6 is 0 Å². The minimum absolute atomic E-state index is 0.0331. The molecule has 0 spiro atoms. The number of fused-ring (bicyclic) bond motifs is 1. The number of anilines is 1. The number of benzene rings is 1. The van der Waals surface area contributed by atoms with Gasteiger partial charge in [0.15, 0.2) is 5.78 Å². The van der Waals surface area contributed by atoms with Crippen LogP contribution in [0.15, 0.2) is 66.6 Å². The molecule has 1 atom stereocenters. The van der Waals surface area contributed by atoms with E-state index in [1.54, 1.807) is 29.4 Å². The minimum Gasteiger partial charge on any atom is -0.331 e. The van der Waals surface area contributed by atoms with E-state index in [0.717, 1.165) is 17.7 Å². The van der Waals surface area contributed by atoms with Crippen molar-refractivity contribution in [3.8, 4) is 0 Å². The summed E-state index contributed by atoms with van der Waals surface area (Å²) in [5.41, 5.74) is 2.28. The lowest BCUT2D eigenvalue weighted by molar-refractivity contribution is -0.129. The van der Waals surface area contributed by atoms with E-state index in [2.05, 4.69) is 9.99 Å². The number of hydrogen-bond acceptors (Lipinski definition) is 5. The highest BCUT2D eigenvalue weighted by molar-refractivity contribution is 6.03. The summed E-state index contributed by atoms with van der Waals surface area (Å²) >= 11 is 0. The Morgan fingerprint density at radius 3 is 2.73 bits per heavy atom. The SMILES string of the molecule is CN1C2CCN(CC(=O)c3ccccc3)C(=O)C2=CN1c1cccnc1. The molecule has 0 bridgehead atoms. The molecule has 1 fully saturated rings. The highest BCUT2D eigenvalue weighted by Gasteiger charge is 2.40. The maximum absolute atomic E-state index is 12.9. The molecule has 26 heavy (non-hydrogen) atoms. The van der Waals surface area contributed by atoms with Crippen molar-refractivity contribution in [2.24, 2.45) is 0 Å². The maximum atomic E-state index is 12.9. The van der Waals surface area contributed by atoms with Gasteiger partial charge in [-0.15, -0.1) is 0 Å². The molecular weight excluding hydrogens is 328 g/mol. The summed E-state index contributed by atoms with van der Waals surface area (Å²) < 4.78 is 0. The van der Waals surface area contributed by atoms with Crippen LogP contribution in [0, 0.1) is 0 Å². The molecule has 6 nitrogen and oxygen atoms in total. The van der Waals surface area contributed by atoms with Gasteiger partial charge in [-0.05, 0) is 18.6 Å². The van der Waals surface area contributed by atoms with Crippen LogP contribution in [0.4, 0.5) is 5.69 Å². The number of piperidine rings is 1. The van der Waals surface area contributed by atoms with Crippen LogP contribution in [0.1, 0.15) is 16.8 Å². The summed E-state index contributed by atoms with van der Waals surface area (Å²) in [5, 5.41) is 4.01. The fraction of sp³-hybridized carbons (Fsp3) is 0.250. The predicted molar refractivity (Wildman–Crippen MR) is 98.3 cm³/mol. The Bertz CT molecular complexity index is 851. The quantitative estimate of drug-likeness (QED) is 0.792. The Balaban J connectivity index is 1.53. The van der Waals surface area contributed by atoms with E-state index in [0.29, 0.717) is 12.1 Å². The molecule has 0 N–H and O–H groups in total. The molecule has 1 unspecified atom stereocenters. The molecule has 3 heterocycles. The standard InChI is InChI=1S/C20H20N4O2/c1-22-18-9-11-23(14-19(25)15-6-3-2-4-7-15)20(26)17(18)13-24(22)16-8-5-10-21-12-16/h2-8,10,12-13,18H,9,11,14H2,1H3. The van der Waals surface area contributed by atoms with E-state index in [-0.39, 0.29) is 24.3 Å². The highest BCUT2D eigenvalue weighted by atomic mass is 16.2. The average molecular weight is 348 g/mol. The van der Waals surface area contributed by atoms with Gasteiger partial charge >= 0.3 is 0 Å². The van der Waals surface area contributed by atoms with Crippen LogP contribution in [0.5, 0.6) is 0 Å². The number of carbonyl (C=O) groups is 2. The number of ketones is 1. The van der Waals surface area contributed by atoms with Gasteiger partial charge in [-0.1, -0.05) is 30.3 Å². The zero-order chi connectivity index (χ0) is 18.1. The molecule has 1 aromatic carbocycles. The molecule has 1 aromatic heterocycles. The minimum atomic E-state index is -0.0660. The fourth-order valence-corrected chi connectivity index (χ4v) is 3.55. The molecule has 1 amide bonds. The third-order valence-corrected chi connectivity index (χ3v) is 4.96. The number of aromatic nitrogens is 1. The van der Waals surface area contributed by atoms with Crippen LogP contribution in [-0.2, 0) is 4.79 Å². The Morgan fingerprint density at radius 2 is 2.00 bits per heavy atom. The number of Topliss-reactive ketones (excluding diaryl/α,β-unsaturated/α-hetero) is 1. The van der Waals surface area contributed by atoms with Gasteiger partial charge in [0.05, 0.1) is 30.0 Å². The Labute approximate surface area is 152 Å². The normalized spacial score (nSPS) is 20.1. The predicted octanol–water partition coefficient (Wildman–Crippen LogP) is 2.12. The second kappa shape index (κ2) is 6.72. The van der Waals surface area contributed by atoms with Crippen molar-refractivity contribution >= 4 is 17.4 Å². The smallest absolute Gasteiger partial charge is 0.253 e. The zero-order valence-corrected chi connectivity index (χ0v) is 14.6. The van der Waals surface area contributed by atoms with Crippen molar-refractivity contribution in [2.45, 2.75) is 12.5 Å². The van der Waals surface area contributed by atoms with Gasteiger partial charge in [-0.3, -0.25) is 19.6 Å². The molecule has 0 aliphatic carbocycles. The van der Waals surface area contributed by atoms with Crippen molar-refractivity contribution in [2.75, 3.05) is 25.1 Å². The van der Waals surface area contributed by atoms with E-state index in [1.807, 2.05) is 48.6 Å². The number of amides is 1. The monoisotopic (exact) mass is 348 g/mol. The van der Waals surface area contributed by atoms with Crippen molar-refractivity contribution in [1.29, 1.82) is 0 Å². The van der Waals surface area contributed by atoms with Crippen molar-refractivity contribution in [3.63, 3.8) is 0 Å². The highest BCUT2D eigenvalue weighted by Crippen LogP contribution is 2.32. The Kier molecular flexibility index (Phi) is 4.26. The van der Waals surface area contributed by atoms with Gasteiger partial charge in [-0.2, -0.15) is 0 Å². The number of likely N-dealkylation sites (N-methyl/N-ethyl adjacent to an activating group) is 1. The molecule has 0 saturated carbocycles. The average Bonchev–Trinajstić information content (AvgIpc) is 3.03. The summed E-state index contributed by atoms with van der Waals surface area (Å²) in [7, 11) is 1.97. The maximum Gasteiger partial charge on any atom is 0.253 e. The summed E-state index contributed by atoms with van der Waals surface area (Å²) in [5.74, 6) is -0.0998. The summed E-state index contributed by atoms with van der Waals surface area (Å²) in [6.45, 7) is 0.689. The zero-order valence-electron chi connectivity index (χ0n) is 14.6. The fourth-order valence-electron chi connectivity index (χ4n) is 3.55. The van der Waals surface area contributed by atoms with Gasteiger partial charge in [-0.25, -0.2) is 5.01 Å². The second-order valence-electron chi connectivity index (χ2n) is 6.53. The van der Waals surface area contributed by atoms with Crippen LogP contribution in [0.3, 0.4) is 0 Å². The molecule has 6 heteroatoms. The summed E-state index contributed by atoms with van der Waals surface area (Å²) in [6, 6.07) is 13.0. The van der Waals surface area contributed by atoms with Crippen molar-refractivity contribution in [1.82, 2.24) is 14.9 Å². The number of rotatable bonds is 4. The van der Waals surface area contributed by atoms with E-state index < -0.39 is 0 Å². The Hall–Kier alpha value is -2.99. The van der Waals surface area contributed by atoms with E-state index in [4.69, 9.17) is 0 Å². The molecule has 0 radical (unpaired) electrons. The molecule has 4 rings (SSSR count). The lowest BCUT2D eigenvalue weighted by Gasteiger charge is -2.35. The first-order chi connectivity index (χ1) is 12.6. The third kappa shape index (κ3) is 2.88. The van der Waals surface area contributed by atoms with E-state index in [1.165, 1.54) is 0 Å². The van der Waals surface area contributed by atoms with Gasteiger partial charge in [0, 0.05) is 31.6 Å². The topological polar surface area (TPSA) is 56.8 Å². The number of hydrazine groups is 1. The largest absolute Gasteiger partial charge is 0.331 e. The second-order valence-corrected chi connectivity index (χ2v) is 6.53. The van der Waals surface area contributed by atoms with Crippen molar-refractivity contribution in [3.05, 3.63) is 72.2 Å². The van der Waals surface area contributed by atoms with Crippen LogP contribution in [0.2, 0.25) is 0 Å². The Morgan fingerprint density at radius 1 is 1.19 bits per heavy atom. The van der Waals surface area contributed by atoms with Crippen LogP contribution < -0.4 is 5.01 Å². The number of hydrogen-bond donors (Lipinski definition) is 0.